The van der Waals surface area contributed by atoms with Crippen molar-refractivity contribution in [2.75, 3.05) is 19.7 Å². The summed E-state index contributed by atoms with van der Waals surface area (Å²) in [6.07, 6.45) is 1.09. The number of aromatic nitrogens is 2. The zero-order valence-corrected chi connectivity index (χ0v) is 15.5. The first kappa shape index (κ1) is 18.9. The van der Waals surface area contributed by atoms with Gasteiger partial charge >= 0.3 is 11.7 Å². The lowest BCUT2D eigenvalue weighted by molar-refractivity contribution is -0.153. The zero-order valence-electron chi connectivity index (χ0n) is 15.5. The Kier molecular flexibility index (Phi) is 5.73. The molecular weight excluding hydrogens is 350 g/mol. The normalized spacial score (nSPS) is 19.7. The molecule has 0 unspecified atom stereocenters. The summed E-state index contributed by atoms with van der Waals surface area (Å²) in [5.74, 6) is -0.704. The smallest absolute Gasteiger partial charge is 0.437 e. The monoisotopic (exact) mass is 373 g/mol. The molecule has 1 aromatic heterocycles. The van der Waals surface area contributed by atoms with E-state index >= 15 is 0 Å². The number of ether oxygens (including phenoxy) is 1. The Balaban J connectivity index is 1.55. The van der Waals surface area contributed by atoms with Gasteiger partial charge in [-0.2, -0.15) is 4.68 Å². The fourth-order valence-electron chi connectivity index (χ4n) is 3.37. The molecular formula is C19H23N3O5. The van der Waals surface area contributed by atoms with E-state index in [1.165, 1.54) is 0 Å². The third-order valence-corrected chi connectivity index (χ3v) is 4.48. The van der Waals surface area contributed by atoms with E-state index in [4.69, 9.17) is 9.15 Å². The van der Waals surface area contributed by atoms with E-state index < -0.39 is 18.3 Å². The molecule has 0 aliphatic carbocycles. The molecule has 3 rings (SSSR count). The van der Waals surface area contributed by atoms with Crippen LogP contribution >= 0.6 is 0 Å². The molecule has 2 atom stereocenters. The average Bonchev–Trinajstić information content (AvgIpc) is 3.00. The second-order valence-corrected chi connectivity index (χ2v) is 7.10. The van der Waals surface area contributed by atoms with Gasteiger partial charge in [0, 0.05) is 18.7 Å². The van der Waals surface area contributed by atoms with Crippen molar-refractivity contribution in [1.82, 2.24) is 14.7 Å². The molecule has 1 amide bonds. The quantitative estimate of drug-likeness (QED) is 0.738. The highest BCUT2D eigenvalue weighted by Crippen LogP contribution is 2.20. The molecule has 1 aromatic carbocycles. The number of rotatable bonds is 5. The molecule has 2 aromatic rings. The Morgan fingerprint density at radius 2 is 1.85 bits per heavy atom. The molecule has 0 bridgehead atoms. The molecule has 0 saturated carbocycles. The van der Waals surface area contributed by atoms with Crippen LogP contribution in [0.25, 0.3) is 11.5 Å². The molecule has 144 valence electrons. The highest BCUT2D eigenvalue weighted by molar-refractivity contribution is 5.80. The van der Waals surface area contributed by atoms with Gasteiger partial charge in [-0.15, -0.1) is 5.10 Å². The standard InChI is InChI=1S/C19H23N3O5/c1-13-8-14(2)10-21(9-13)16(23)12-26-17(24)11-22-19(25)27-18(20-22)15-6-4-3-5-7-15/h3-7,13-14H,8-12H2,1-2H3/t13-,14-/m1/s1. The van der Waals surface area contributed by atoms with Gasteiger partial charge in [-0.3, -0.25) is 9.59 Å². The summed E-state index contributed by atoms with van der Waals surface area (Å²) in [5.41, 5.74) is 0.630. The van der Waals surface area contributed by atoms with Crippen LogP contribution in [0.1, 0.15) is 20.3 Å². The van der Waals surface area contributed by atoms with E-state index in [2.05, 4.69) is 18.9 Å². The first-order valence-corrected chi connectivity index (χ1v) is 8.99. The lowest BCUT2D eigenvalue weighted by Crippen LogP contribution is -2.44. The lowest BCUT2D eigenvalue weighted by Gasteiger charge is -2.34. The summed E-state index contributed by atoms with van der Waals surface area (Å²) >= 11 is 0. The number of likely N-dealkylation sites (tertiary alicyclic amines) is 1. The van der Waals surface area contributed by atoms with Gasteiger partial charge in [0.05, 0.1) is 0 Å². The van der Waals surface area contributed by atoms with E-state index in [1.807, 2.05) is 6.07 Å². The second kappa shape index (κ2) is 8.20. The molecule has 27 heavy (non-hydrogen) atoms. The van der Waals surface area contributed by atoms with Crippen LogP contribution in [-0.2, 0) is 20.9 Å². The van der Waals surface area contributed by atoms with Crippen LogP contribution in [0.15, 0.2) is 39.5 Å². The van der Waals surface area contributed by atoms with Crippen molar-refractivity contribution in [1.29, 1.82) is 0 Å². The lowest BCUT2D eigenvalue weighted by atomic mass is 9.92. The number of esters is 1. The van der Waals surface area contributed by atoms with E-state index in [1.54, 1.807) is 29.2 Å². The molecule has 0 radical (unpaired) electrons. The fourth-order valence-corrected chi connectivity index (χ4v) is 3.37. The van der Waals surface area contributed by atoms with Gasteiger partial charge in [0.1, 0.15) is 6.54 Å². The molecule has 2 heterocycles. The van der Waals surface area contributed by atoms with Gasteiger partial charge in [-0.1, -0.05) is 32.0 Å². The van der Waals surface area contributed by atoms with Crippen LogP contribution < -0.4 is 5.76 Å². The molecule has 1 aliphatic rings. The fraction of sp³-hybridized carbons (Fsp3) is 0.474. The maximum absolute atomic E-state index is 12.2. The number of benzene rings is 1. The SMILES string of the molecule is C[C@@H]1C[C@@H](C)CN(C(=O)COC(=O)Cn2nc(-c3ccccc3)oc2=O)C1. The summed E-state index contributed by atoms with van der Waals surface area (Å²) in [5, 5.41) is 4.00. The maximum Gasteiger partial charge on any atom is 0.437 e. The average molecular weight is 373 g/mol. The highest BCUT2D eigenvalue weighted by atomic mass is 16.5. The molecule has 1 fully saturated rings. The van der Waals surface area contributed by atoms with Crippen molar-refractivity contribution in [2.24, 2.45) is 11.8 Å². The number of nitrogens with zero attached hydrogens (tertiary/aromatic N) is 3. The maximum atomic E-state index is 12.2. The molecule has 0 N–H and O–H groups in total. The zero-order chi connectivity index (χ0) is 19.4. The van der Waals surface area contributed by atoms with Crippen molar-refractivity contribution in [3.05, 3.63) is 40.9 Å². The number of carbonyl (C=O) groups is 2. The van der Waals surface area contributed by atoms with Gasteiger partial charge in [-0.05, 0) is 30.4 Å². The minimum atomic E-state index is -0.754. The Labute approximate surface area is 156 Å². The van der Waals surface area contributed by atoms with E-state index in [0.717, 1.165) is 11.1 Å². The summed E-state index contributed by atoms with van der Waals surface area (Å²) < 4.78 is 11.0. The van der Waals surface area contributed by atoms with Gasteiger partial charge in [0.25, 0.3) is 5.91 Å². The van der Waals surface area contributed by atoms with Crippen molar-refractivity contribution in [3.63, 3.8) is 0 Å². The van der Waals surface area contributed by atoms with Gasteiger partial charge in [0.15, 0.2) is 6.61 Å². The Bertz CT molecular complexity index is 848. The number of piperidine rings is 1. The van der Waals surface area contributed by atoms with E-state index in [-0.39, 0.29) is 18.4 Å². The third kappa shape index (κ3) is 4.84. The van der Waals surface area contributed by atoms with Crippen LogP contribution in [0.4, 0.5) is 0 Å². The molecule has 8 heteroatoms. The summed E-state index contributed by atoms with van der Waals surface area (Å²) in [4.78, 5) is 37.8. The van der Waals surface area contributed by atoms with Crippen molar-refractivity contribution in [2.45, 2.75) is 26.8 Å². The van der Waals surface area contributed by atoms with Crippen LogP contribution in [0.3, 0.4) is 0 Å². The van der Waals surface area contributed by atoms with Crippen molar-refractivity contribution in [3.8, 4) is 11.5 Å². The van der Waals surface area contributed by atoms with Crippen molar-refractivity contribution >= 4 is 11.9 Å². The van der Waals surface area contributed by atoms with Gasteiger partial charge in [0.2, 0.25) is 5.89 Å². The molecule has 8 nitrogen and oxygen atoms in total. The summed E-state index contributed by atoms with van der Waals surface area (Å²) in [6, 6.07) is 8.89. The Morgan fingerprint density at radius 1 is 1.19 bits per heavy atom. The van der Waals surface area contributed by atoms with E-state index in [9.17, 15) is 14.4 Å². The first-order valence-electron chi connectivity index (χ1n) is 8.99. The number of hydrogen-bond donors (Lipinski definition) is 0. The molecule has 1 saturated heterocycles. The van der Waals surface area contributed by atoms with Crippen molar-refractivity contribution < 1.29 is 18.7 Å². The number of hydrogen-bond acceptors (Lipinski definition) is 6. The van der Waals surface area contributed by atoms with Gasteiger partial charge < -0.3 is 14.1 Å². The second-order valence-electron chi connectivity index (χ2n) is 7.10. The first-order chi connectivity index (χ1) is 12.9. The highest BCUT2D eigenvalue weighted by Gasteiger charge is 2.26. The van der Waals surface area contributed by atoms with Crippen LogP contribution in [0.5, 0.6) is 0 Å². The van der Waals surface area contributed by atoms with E-state index in [0.29, 0.717) is 30.5 Å². The molecule has 1 aliphatic heterocycles. The molecule has 0 spiro atoms. The van der Waals surface area contributed by atoms with Crippen LogP contribution in [-0.4, -0.2) is 46.3 Å². The largest absolute Gasteiger partial charge is 0.454 e. The van der Waals surface area contributed by atoms with Crippen LogP contribution in [0, 0.1) is 11.8 Å². The minimum absolute atomic E-state index is 0.126. The summed E-state index contributed by atoms with van der Waals surface area (Å²) in [6.45, 7) is 4.80. The number of amides is 1. The topological polar surface area (TPSA) is 94.6 Å². The van der Waals surface area contributed by atoms with Gasteiger partial charge in [-0.25, -0.2) is 4.79 Å². The Morgan fingerprint density at radius 3 is 2.52 bits per heavy atom. The minimum Gasteiger partial charge on any atom is -0.454 e. The van der Waals surface area contributed by atoms with Crippen LogP contribution in [0.2, 0.25) is 0 Å². The Hall–Kier alpha value is -2.90. The predicted molar refractivity (Wildman–Crippen MR) is 96.7 cm³/mol. The number of carbonyl (C=O) groups excluding carboxylic acids is 2. The third-order valence-electron chi connectivity index (χ3n) is 4.48. The summed E-state index contributed by atoms with van der Waals surface area (Å²) in [7, 11) is 0. The predicted octanol–water partition coefficient (Wildman–Crippen LogP) is 1.55.